The minimum Gasteiger partial charge on any atom is -0.391 e. The first-order chi connectivity index (χ1) is 15.7. The lowest BCUT2D eigenvalue weighted by Crippen LogP contribution is -2.36. The summed E-state index contributed by atoms with van der Waals surface area (Å²) in [5.41, 5.74) is 3.44. The molecule has 3 aromatic rings. The molecule has 6 nitrogen and oxygen atoms in total. The molecule has 0 bridgehead atoms. The van der Waals surface area contributed by atoms with E-state index in [1.54, 1.807) is 0 Å². The van der Waals surface area contributed by atoms with E-state index in [0.29, 0.717) is 11.8 Å². The van der Waals surface area contributed by atoms with Gasteiger partial charge in [-0.05, 0) is 74.4 Å². The number of pyridine rings is 1. The number of likely N-dealkylation sites (tertiary alicyclic amines) is 1. The molecule has 3 aliphatic rings. The number of aliphatic hydroxyl groups is 1. The lowest BCUT2D eigenvalue weighted by molar-refractivity contribution is 0.0375. The van der Waals surface area contributed by atoms with E-state index in [-0.39, 0.29) is 12.1 Å². The normalized spacial score (nSPS) is 28.8. The van der Waals surface area contributed by atoms with Gasteiger partial charge in [-0.1, -0.05) is 24.6 Å². The molecule has 1 N–H and O–H groups in total. The van der Waals surface area contributed by atoms with Crippen molar-refractivity contribution < 1.29 is 5.11 Å². The van der Waals surface area contributed by atoms with Gasteiger partial charge in [0, 0.05) is 25.8 Å². The van der Waals surface area contributed by atoms with Crippen LogP contribution in [0.1, 0.15) is 43.7 Å². The highest BCUT2D eigenvalue weighted by molar-refractivity contribution is 5.75. The number of rotatable bonds is 4. The average Bonchev–Trinajstić information content (AvgIpc) is 3.43. The van der Waals surface area contributed by atoms with Gasteiger partial charge in [0.1, 0.15) is 5.82 Å². The maximum atomic E-state index is 11.0. The van der Waals surface area contributed by atoms with Crippen LogP contribution in [-0.4, -0.2) is 56.8 Å². The number of para-hydroxylation sites is 2. The molecule has 2 aromatic heterocycles. The van der Waals surface area contributed by atoms with Crippen LogP contribution in [0.5, 0.6) is 0 Å². The molecular formula is C26H33N5O. The molecule has 32 heavy (non-hydrogen) atoms. The van der Waals surface area contributed by atoms with Crippen molar-refractivity contribution >= 4 is 16.9 Å². The van der Waals surface area contributed by atoms with Crippen LogP contribution in [0.4, 0.5) is 5.82 Å². The molecular weight excluding hydrogens is 398 g/mol. The van der Waals surface area contributed by atoms with Gasteiger partial charge in [-0.3, -0.25) is 4.90 Å². The third-order valence-corrected chi connectivity index (χ3v) is 7.94. The zero-order valence-electron chi connectivity index (χ0n) is 18.7. The van der Waals surface area contributed by atoms with Crippen molar-refractivity contribution in [2.75, 3.05) is 31.1 Å². The molecule has 0 spiro atoms. The van der Waals surface area contributed by atoms with Crippen LogP contribution in [0, 0.1) is 11.8 Å². The lowest BCUT2D eigenvalue weighted by Gasteiger charge is -2.36. The van der Waals surface area contributed by atoms with E-state index < -0.39 is 0 Å². The Morgan fingerprint density at radius 1 is 0.906 bits per heavy atom. The maximum absolute atomic E-state index is 11.0. The third-order valence-electron chi connectivity index (χ3n) is 7.94. The number of benzene rings is 1. The Labute approximate surface area is 189 Å². The van der Waals surface area contributed by atoms with Gasteiger partial charge in [-0.15, -0.1) is 0 Å². The topological polar surface area (TPSA) is 57.4 Å². The molecule has 1 aromatic carbocycles. The molecule has 3 fully saturated rings. The van der Waals surface area contributed by atoms with Gasteiger partial charge in [0.2, 0.25) is 0 Å². The highest BCUT2D eigenvalue weighted by Crippen LogP contribution is 2.43. The number of imidazole rings is 1. The van der Waals surface area contributed by atoms with Gasteiger partial charge in [-0.25, -0.2) is 9.97 Å². The van der Waals surface area contributed by atoms with Crippen molar-refractivity contribution in [2.24, 2.45) is 11.8 Å². The van der Waals surface area contributed by atoms with Gasteiger partial charge >= 0.3 is 0 Å². The van der Waals surface area contributed by atoms with E-state index in [0.717, 1.165) is 49.3 Å². The Kier molecular flexibility index (Phi) is 5.35. The lowest BCUT2D eigenvalue weighted by atomic mass is 9.77. The van der Waals surface area contributed by atoms with Crippen LogP contribution in [0.2, 0.25) is 0 Å². The first-order valence-corrected chi connectivity index (χ1v) is 12.3. The Morgan fingerprint density at radius 2 is 1.72 bits per heavy atom. The SMILES string of the molecule is O[C@@H]1C[C@H]2CN(c3ccc(CN4CCCCC4)cn3)C[C@H]2C[C@H]1n1cnc2ccccc21. The van der Waals surface area contributed by atoms with E-state index >= 15 is 0 Å². The minimum absolute atomic E-state index is 0.100. The second-order valence-corrected chi connectivity index (χ2v) is 10.0. The molecule has 6 heteroatoms. The fraction of sp³-hybridized carbons (Fsp3) is 0.538. The summed E-state index contributed by atoms with van der Waals surface area (Å²) in [6.45, 7) is 5.47. The summed E-state index contributed by atoms with van der Waals surface area (Å²) in [4.78, 5) is 14.4. The first kappa shape index (κ1) is 20.2. The molecule has 0 radical (unpaired) electrons. The number of aliphatic hydroxyl groups excluding tert-OH is 1. The monoisotopic (exact) mass is 431 g/mol. The molecule has 2 saturated heterocycles. The van der Waals surface area contributed by atoms with Crippen molar-refractivity contribution in [2.45, 2.75) is 50.8 Å². The molecule has 168 valence electrons. The van der Waals surface area contributed by atoms with Crippen molar-refractivity contribution in [1.29, 1.82) is 0 Å². The highest BCUT2D eigenvalue weighted by atomic mass is 16.3. The summed E-state index contributed by atoms with van der Waals surface area (Å²) < 4.78 is 2.20. The number of anilines is 1. The number of fused-ring (bicyclic) bond motifs is 2. The zero-order chi connectivity index (χ0) is 21.5. The molecule has 4 atom stereocenters. The maximum Gasteiger partial charge on any atom is 0.128 e. The molecule has 2 aliphatic heterocycles. The summed E-state index contributed by atoms with van der Waals surface area (Å²) >= 11 is 0. The molecule has 1 aliphatic carbocycles. The fourth-order valence-electron chi connectivity index (χ4n) is 6.21. The Morgan fingerprint density at radius 3 is 2.53 bits per heavy atom. The van der Waals surface area contributed by atoms with Crippen LogP contribution < -0.4 is 4.90 Å². The van der Waals surface area contributed by atoms with Crippen molar-refractivity contribution in [3.63, 3.8) is 0 Å². The van der Waals surface area contributed by atoms with Crippen LogP contribution in [0.15, 0.2) is 48.9 Å². The second kappa shape index (κ2) is 8.49. The van der Waals surface area contributed by atoms with Crippen LogP contribution in [0.25, 0.3) is 11.0 Å². The van der Waals surface area contributed by atoms with Gasteiger partial charge in [0.15, 0.2) is 0 Å². The summed E-state index contributed by atoms with van der Waals surface area (Å²) in [7, 11) is 0. The largest absolute Gasteiger partial charge is 0.391 e. The van der Waals surface area contributed by atoms with E-state index in [1.165, 1.54) is 37.9 Å². The van der Waals surface area contributed by atoms with Gasteiger partial charge in [0.25, 0.3) is 0 Å². The van der Waals surface area contributed by atoms with E-state index in [9.17, 15) is 5.11 Å². The second-order valence-electron chi connectivity index (χ2n) is 10.0. The summed E-state index contributed by atoms with van der Waals surface area (Å²) in [6, 6.07) is 12.8. The van der Waals surface area contributed by atoms with Gasteiger partial charge in [0.05, 0.1) is 29.5 Å². The van der Waals surface area contributed by atoms with E-state index in [4.69, 9.17) is 4.98 Å². The molecule has 4 heterocycles. The quantitative estimate of drug-likeness (QED) is 0.680. The average molecular weight is 432 g/mol. The van der Waals surface area contributed by atoms with Crippen LogP contribution in [-0.2, 0) is 6.54 Å². The first-order valence-electron chi connectivity index (χ1n) is 12.3. The Bertz CT molecular complexity index is 1060. The smallest absolute Gasteiger partial charge is 0.128 e. The van der Waals surface area contributed by atoms with E-state index in [1.807, 2.05) is 18.5 Å². The number of hydrogen-bond donors (Lipinski definition) is 1. The molecule has 6 rings (SSSR count). The summed E-state index contributed by atoms with van der Waals surface area (Å²) in [5.74, 6) is 2.20. The highest BCUT2D eigenvalue weighted by Gasteiger charge is 2.43. The molecule has 0 amide bonds. The number of piperidine rings is 1. The van der Waals surface area contributed by atoms with Crippen molar-refractivity contribution in [3.8, 4) is 0 Å². The zero-order valence-corrected chi connectivity index (χ0v) is 18.7. The Hall–Kier alpha value is -2.44. The fourth-order valence-corrected chi connectivity index (χ4v) is 6.21. The van der Waals surface area contributed by atoms with Crippen LogP contribution in [0.3, 0.4) is 0 Å². The van der Waals surface area contributed by atoms with Gasteiger partial charge in [-0.2, -0.15) is 0 Å². The third kappa shape index (κ3) is 3.80. The van der Waals surface area contributed by atoms with Crippen molar-refractivity contribution in [1.82, 2.24) is 19.4 Å². The van der Waals surface area contributed by atoms with Gasteiger partial charge < -0.3 is 14.6 Å². The molecule has 0 unspecified atom stereocenters. The summed E-state index contributed by atoms with van der Waals surface area (Å²) in [5, 5.41) is 11.0. The predicted molar refractivity (Wildman–Crippen MR) is 127 cm³/mol. The number of nitrogens with zero attached hydrogens (tertiary/aromatic N) is 5. The Balaban J connectivity index is 1.14. The summed E-state index contributed by atoms with van der Waals surface area (Å²) in [6.07, 6.45) is 9.52. The van der Waals surface area contributed by atoms with Crippen LogP contribution >= 0.6 is 0 Å². The number of hydrogen-bond acceptors (Lipinski definition) is 5. The standard InChI is InChI=1S/C26H33N5O/c32-25-13-21-17-30(26-9-8-19(14-27-26)15-29-10-4-1-5-11-29)16-20(21)12-24(25)31-18-28-22-6-2-3-7-23(22)31/h2-3,6-9,14,18,20-21,24-25,32H,1,4-5,10-13,15-17H2/t20-,21+,24-,25-/m1/s1. The molecule has 1 saturated carbocycles. The van der Waals surface area contributed by atoms with E-state index in [2.05, 4.69) is 49.8 Å². The number of aromatic nitrogens is 3. The minimum atomic E-state index is -0.325. The predicted octanol–water partition coefficient (Wildman–Crippen LogP) is 3.87. The van der Waals surface area contributed by atoms with Crippen molar-refractivity contribution in [3.05, 3.63) is 54.5 Å².